The van der Waals surface area contributed by atoms with Crippen LogP contribution in [0.3, 0.4) is 0 Å². The molecule has 0 aliphatic carbocycles. The van der Waals surface area contributed by atoms with Gasteiger partial charge in [-0.1, -0.05) is 5.92 Å². The topological polar surface area (TPSA) is 270 Å². The zero-order valence-corrected chi connectivity index (χ0v) is 18.9. The van der Waals surface area contributed by atoms with Crippen molar-refractivity contribution in [3.8, 4) is 11.8 Å². The van der Waals surface area contributed by atoms with Gasteiger partial charge < -0.3 is 35.2 Å². The quantitative estimate of drug-likeness (QED) is 0.139. The molecule has 1 saturated heterocycles. The molecule has 21 heteroatoms. The highest BCUT2D eigenvalue weighted by atomic mass is 31.3. The fraction of sp³-hybridized carbons (Fsp3) is 0.500. The van der Waals surface area contributed by atoms with Crippen molar-refractivity contribution in [3.63, 3.8) is 0 Å². The predicted octanol–water partition coefficient (Wildman–Crippen LogP) is -2.00. The van der Waals surface area contributed by atoms with Gasteiger partial charge in [-0.25, -0.2) is 18.5 Å². The summed E-state index contributed by atoms with van der Waals surface area (Å²) in [6.45, 7) is 0.153. The van der Waals surface area contributed by atoms with Gasteiger partial charge in [-0.2, -0.15) is 13.0 Å². The zero-order chi connectivity index (χ0) is 25.4. The number of ether oxygens (including phenoxy) is 1. The van der Waals surface area contributed by atoms with Gasteiger partial charge in [0.15, 0.2) is 11.8 Å². The molecule has 1 aliphatic heterocycles. The first kappa shape index (κ1) is 27.7. The number of rotatable bonds is 8. The number of nitrogens with zero attached hydrogens (tertiary/aromatic N) is 1. The molecule has 2 rings (SSSR count). The number of halogens is 1. The minimum Gasteiger partial charge on any atom is -0.387 e. The molecular weight excluding hydrogens is 522 g/mol. The molecule has 2 heterocycles. The molecule has 0 radical (unpaired) electrons. The maximum Gasteiger partial charge on any atom is 0.490 e. The third-order valence-electron chi connectivity index (χ3n) is 3.89. The van der Waals surface area contributed by atoms with E-state index in [2.05, 4.69) is 25.0 Å². The third kappa shape index (κ3) is 6.75. The Morgan fingerprint density at radius 1 is 1.24 bits per heavy atom. The van der Waals surface area contributed by atoms with Crippen molar-refractivity contribution in [1.29, 1.82) is 0 Å². The van der Waals surface area contributed by atoms with Crippen LogP contribution in [0.15, 0.2) is 15.8 Å². The summed E-state index contributed by atoms with van der Waals surface area (Å²) in [5, 5.41) is 10.5. The lowest BCUT2D eigenvalue weighted by Gasteiger charge is -2.27. The van der Waals surface area contributed by atoms with E-state index >= 15 is 0 Å². The fourth-order valence-corrected chi connectivity index (χ4v) is 5.72. The highest BCUT2D eigenvalue weighted by Gasteiger charge is 2.55. The first-order chi connectivity index (χ1) is 14.9. The summed E-state index contributed by atoms with van der Waals surface area (Å²) >= 11 is 0. The molecule has 0 amide bonds. The summed E-state index contributed by atoms with van der Waals surface area (Å²) in [6.07, 6.45) is -4.95. The van der Waals surface area contributed by atoms with Crippen molar-refractivity contribution in [2.24, 2.45) is 5.73 Å². The van der Waals surface area contributed by atoms with Crippen molar-refractivity contribution in [1.82, 2.24) is 9.55 Å². The molecule has 6 atom stereocenters. The lowest BCUT2D eigenvalue weighted by Crippen LogP contribution is -2.55. The zero-order valence-electron chi connectivity index (χ0n) is 16.2. The van der Waals surface area contributed by atoms with Gasteiger partial charge in [0, 0.05) is 0 Å². The van der Waals surface area contributed by atoms with Crippen LogP contribution in [-0.2, 0) is 31.6 Å². The van der Waals surface area contributed by atoms with Gasteiger partial charge in [0.25, 0.3) is 5.56 Å². The highest BCUT2D eigenvalue weighted by molar-refractivity contribution is 7.66. The van der Waals surface area contributed by atoms with Gasteiger partial charge in [-0.15, -0.1) is 5.92 Å². The van der Waals surface area contributed by atoms with Crippen LogP contribution in [0.1, 0.15) is 13.2 Å². The van der Waals surface area contributed by atoms with E-state index in [0.717, 1.165) is 0 Å². The standard InChI is InChI=1S/C12H17FN3O14P3/c1-2-3-12(14)8(17)7(28-10(12)16-4-6(13)9(18)15-11(16)19)5-27-32(23,24)30-33(25,26)29-31(20,21)22/h4,7-8,10,17H,5,14H2,1H3,(H,23,24)(H,25,26)(H,15,18,19)(H2,20,21,22)/t7-,8+,10-,12?/m1/s1. The molecule has 3 unspecified atom stereocenters. The number of aliphatic hydroxyl groups is 1. The van der Waals surface area contributed by atoms with Crippen molar-refractivity contribution >= 4 is 23.5 Å². The Balaban J connectivity index is 2.28. The van der Waals surface area contributed by atoms with Crippen LogP contribution >= 0.6 is 23.5 Å². The molecule has 8 N–H and O–H groups in total. The maximum absolute atomic E-state index is 13.7. The summed E-state index contributed by atoms with van der Waals surface area (Å²) in [5.41, 5.74) is 1.29. The van der Waals surface area contributed by atoms with E-state index in [1.165, 1.54) is 6.92 Å². The minimum atomic E-state index is -5.80. The molecule has 1 aromatic rings. The third-order valence-corrected chi connectivity index (χ3v) is 7.69. The summed E-state index contributed by atoms with van der Waals surface area (Å²) in [4.78, 5) is 60.6. The number of phosphoric acid groups is 3. The predicted molar refractivity (Wildman–Crippen MR) is 101 cm³/mol. The number of hydrogen-bond donors (Lipinski definition) is 7. The van der Waals surface area contributed by atoms with E-state index in [9.17, 15) is 37.7 Å². The van der Waals surface area contributed by atoms with Crippen molar-refractivity contribution in [2.45, 2.75) is 30.9 Å². The summed E-state index contributed by atoms with van der Waals surface area (Å²) in [6, 6.07) is 0. The van der Waals surface area contributed by atoms with Crippen LogP contribution in [-0.4, -0.2) is 58.6 Å². The lowest BCUT2D eigenvalue weighted by atomic mass is 9.91. The SMILES string of the molecule is CC#CC1(N)[C@@H](O)[C@@H](COP(=O)(O)OP(=O)(O)OP(=O)(O)O)O[C@H]1n1cc(F)c(=O)[nH]c1=O. The molecule has 1 aliphatic rings. The number of phosphoric ester groups is 1. The van der Waals surface area contributed by atoms with E-state index in [0.29, 0.717) is 10.8 Å². The molecule has 1 aromatic heterocycles. The molecule has 0 aromatic carbocycles. The Hall–Kier alpha value is -1.54. The van der Waals surface area contributed by atoms with Crippen LogP contribution in [0.25, 0.3) is 0 Å². The number of aromatic nitrogens is 2. The number of nitrogens with one attached hydrogen (secondary N) is 1. The monoisotopic (exact) mass is 539 g/mol. The first-order valence-corrected chi connectivity index (χ1v) is 12.8. The number of aromatic amines is 1. The second-order valence-corrected chi connectivity index (χ2v) is 10.7. The van der Waals surface area contributed by atoms with Gasteiger partial charge >= 0.3 is 29.2 Å². The fourth-order valence-electron chi connectivity index (χ4n) is 2.69. The van der Waals surface area contributed by atoms with Gasteiger partial charge in [0.2, 0.25) is 5.82 Å². The minimum absolute atomic E-state index is 0.419. The molecule has 0 bridgehead atoms. The molecule has 0 saturated carbocycles. The normalized spacial score (nSPS) is 29.0. The molecule has 186 valence electrons. The Morgan fingerprint density at radius 3 is 2.39 bits per heavy atom. The second-order valence-electron chi connectivity index (χ2n) is 6.31. The van der Waals surface area contributed by atoms with Crippen LogP contribution in [0.5, 0.6) is 0 Å². The Morgan fingerprint density at radius 2 is 1.85 bits per heavy atom. The van der Waals surface area contributed by atoms with Gasteiger partial charge in [0.05, 0.1) is 12.8 Å². The summed E-state index contributed by atoms with van der Waals surface area (Å²) in [5.74, 6) is 3.27. The van der Waals surface area contributed by atoms with Crippen molar-refractivity contribution in [3.05, 3.63) is 32.9 Å². The second kappa shape index (κ2) is 9.61. The number of aliphatic hydroxyl groups excluding tert-OH is 1. The Kier molecular flexibility index (Phi) is 8.06. The van der Waals surface area contributed by atoms with Gasteiger partial charge in [0.1, 0.15) is 12.2 Å². The Labute approximate surface area is 182 Å². The average molecular weight is 539 g/mol. The Bertz CT molecular complexity index is 1230. The molecular formula is C12H17FN3O14P3. The van der Waals surface area contributed by atoms with Crippen LogP contribution in [0, 0.1) is 17.7 Å². The number of H-pyrrole nitrogens is 1. The van der Waals surface area contributed by atoms with Crippen LogP contribution in [0.4, 0.5) is 4.39 Å². The molecule has 1 fully saturated rings. The maximum atomic E-state index is 13.7. The van der Waals surface area contributed by atoms with E-state index in [1.54, 1.807) is 4.98 Å². The average Bonchev–Trinajstić information content (AvgIpc) is 2.85. The summed E-state index contributed by atoms with van der Waals surface area (Å²) in [7, 11) is -17.0. The summed E-state index contributed by atoms with van der Waals surface area (Å²) < 4.78 is 64.8. The smallest absolute Gasteiger partial charge is 0.387 e. The number of hydrogen-bond acceptors (Lipinski definition) is 11. The van der Waals surface area contributed by atoms with Crippen molar-refractivity contribution < 1.29 is 60.6 Å². The first-order valence-electron chi connectivity index (χ1n) is 8.26. The van der Waals surface area contributed by atoms with E-state index in [-0.39, 0.29) is 0 Å². The van der Waals surface area contributed by atoms with E-state index in [4.69, 9.17) is 25.2 Å². The van der Waals surface area contributed by atoms with Crippen LogP contribution < -0.4 is 17.0 Å². The lowest BCUT2D eigenvalue weighted by molar-refractivity contribution is -0.0471. The molecule has 0 spiro atoms. The molecule has 33 heavy (non-hydrogen) atoms. The van der Waals surface area contributed by atoms with Gasteiger partial charge in [-0.3, -0.25) is 18.9 Å². The van der Waals surface area contributed by atoms with Gasteiger partial charge in [-0.05, 0) is 6.92 Å². The van der Waals surface area contributed by atoms with Crippen LogP contribution in [0.2, 0.25) is 0 Å². The highest BCUT2D eigenvalue weighted by Crippen LogP contribution is 2.66. The molecule has 17 nitrogen and oxygen atoms in total. The largest absolute Gasteiger partial charge is 0.490 e. The van der Waals surface area contributed by atoms with Crippen molar-refractivity contribution in [2.75, 3.05) is 6.61 Å². The van der Waals surface area contributed by atoms with E-state index in [1.807, 2.05) is 0 Å². The van der Waals surface area contributed by atoms with E-state index < -0.39 is 71.1 Å². The number of nitrogens with two attached hydrogens (primary N) is 1.